The lowest BCUT2D eigenvalue weighted by Gasteiger charge is -2.59. The zero-order valence-corrected chi connectivity index (χ0v) is 50.2. The Morgan fingerprint density at radius 1 is 0.517 bits per heavy atom. The summed E-state index contributed by atoms with van der Waals surface area (Å²) in [5, 5.41) is 47.4. The fourth-order valence-corrected chi connectivity index (χ4v) is 18.5. The monoisotopic (exact) mass is 1240 g/mol. The van der Waals surface area contributed by atoms with Gasteiger partial charge >= 0.3 is 30.2 Å². The lowest BCUT2D eigenvalue weighted by atomic mass is 9.49. The summed E-state index contributed by atoms with van der Waals surface area (Å²) in [5.74, 6) is -17.2. The average molecular weight is 1240 g/mol. The number of hydrogen-bond donors (Lipinski definition) is 5. The van der Waals surface area contributed by atoms with Gasteiger partial charge in [0.25, 0.3) is 0 Å². The van der Waals surface area contributed by atoms with Crippen LogP contribution in [0.5, 0.6) is 0 Å². The highest BCUT2D eigenvalue weighted by Crippen LogP contribution is 2.74. The highest BCUT2D eigenvalue weighted by atomic mass is 19.4. The summed E-state index contributed by atoms with van der Waals surface area (Å²) in [6.07, 6.45) is -10.0. The number of primary amides is 1. The van der Waals surface area contributed by atoms with Crippen molar-refractivity contribution in [2.45, 2.75) is 214 Å². The molecule has 2 spiro atoms. The molecule has 12 nitrogen and oxygen atoms in total. The molecule has 2 aromatic rings. The van der Waals surface area contributed by atoms with E-state index in [1.165, 1.54) is 45.2 Å². The minimum atomic E-state index is -5.92. The van der Waals surface area contributed by atoms with Crippen molar-refractivity contribution in [2.75, 3.05) is 33.5 Å². The molecular weight excluding hydrogens is 1160 g/mol. The van der Waals surface area contributed by atoms with Crippen LogP contribution in [0.3, 0.4) is 0 Å². The summed E-state index contributed by atoms with van der Waals surface area (Å²) < 4.78 is 174. The maximum atomic E-state index is 15.3. The maximum absolute atomic E-state index is 15.3. The number of esters is 1. The molecule has 12 atom stereocenters. The summed E-state index contributed by atoms with van der Waals surface area (Å²) in [4.78, 5) is 23.9. The SMILES string of the molecule is CC1(C)COC2(CCC3=C4C(CC[C@@]3(O)C2)C2CC[C@@](O)(C(F)(F)C(F)(F)F)[C@@]2(C)C[C@@H]4c2ccc(C(N)=O)cc2)OC1.COC(=O)c1ccc([C@H]2C[C@@]3(C)C(CC[C@@]3(O)C(F)(F)C(F)(F)F)C3CC[C@@]4(O)CC5(CCC4=C32)OCC(C)(C)CO5)cc1. The highest BCUT2D eigenvalue weighted by Gasteiger charge is 2.81. The van der Waals surface area contributed by atoms with E-state index in [2.05, 4.69) is 0 Å². The van der Waals surface area contributed by atoms with E-state index in [-0.39, 0.29) is 73.3 Å². The van der Waals surface area contributed by atoms with Crippen LogP contribution in [0.4, 0.5) is 43.9 Å². The van der Waals surface area contributed by atoms with E-state index >= 15 is 17.6 Å². The van der Waals surface area contributed by atoms with Gasteiger partial charge in [-0.3, -0.25) is 4.79 Å². The Labute approximate surface area is 499 Å². The third-order valence-corrected chi connectivity index (χ3v) is 23.1. The van der Waals surface area contributed by atoms with E-state index in [0.717, 1.165) is 22.3 Å². The van der Waals surface area contributed by atoms with Crippen molar-refractivity contribution in [1.29, 1.82) is 0 Å². The van der Waals surface area contributed by atoms with Crippen molar-refractivity contribution in [3.05, 3.63) is 93.1 Å². The first-order valence-electron chi connectivity index (χ1n) is 30.5. The number of fused-ring (bicyclic) bond motifs is 8. The van der Waals surface area contributed by atoms with Crippen LogP contribution < -0.4 is 5.73 Å². The molecule has 4 unspecified atom stereocenters. The Morgan fingerprint density at radius 2 is 0.862 bits per heavy atom. The Hall–Kier alpha value is -4.16. The number of aliphatic hydroxyl groups is 4. The van der Waals surface area contributed by atoms with Gasteiger partial charge in [0.15, 0.2) is 11.6 Å². The molecule has 87 heavy (non-hydrogen) atoms. The van der Waals surface area contributed by atoms with Gasteiger partial charge in [-0.25, -0.2) is 4.79 Å². The number of ether oxygens (including phenoxy) is 5. The van der Waals surface area contributed by atoms with Crippen LogP contribution in [0.15, 0.2) is 70.8 Å². The van der Waals surface area contributed by atoms with Gasteiger partial charge in [-0.2, -0.15) is 43.9 Å². The zero-order chi connectivity index (χ0) is 63.6. The van der Waals surface area contributed by atoms with Crippen LogP contribution in [0.1, 0.15) is 188 Å². The van der Waals surface area contributed by atoms with Crippen LogP contribution in [0.25, 0.3) is 0 Å². The second kappa shape index (κ2) is 20.7. The minimum absolute atomic E-state index is 0.0110. The number of carbonyl (C=O) groups is 2. The molecule has 6 saturated carbocycles. The Balaban J connectivity index is 0.000000180. The first-order valence-corrected chi connectivity index (χ1v) is 30.5. The highest BCUT2D eigenvalue weighted by molar-refractivity contribution is 5.92. The predicted octanol–water partition coefficient (Wildman–Crippen LogP) is 12.7. The second-order valence-electron chi connectivity index (χ2n) is 29.5. The Morgan fingerprint density at radius 3 is 1.18 bits per heavy atom. The smallest absolute Gasteiger partial charge is 0.456 e. The number of amides is 1. The number of allylic oxidation sites excluding steroid dienone is 2. The van der Waals surface area contributed by atoms with E-state index < -0.39 is 129 Å². The summed E-state index contributed by atoms with van der Waals surface area (Å²) in [5.41, 5.74) is -2.68. The van der Waals surface area contributed by atoms with Crippen LogP contribution in [-0.4, -0.2) is 124 Å². The molecule has 22 heteroatoms. The molecule has 2 heterocycles. The average Bonchev–Trinajstić information content (AvgIpc) is 1.65. The van der Waals surface area contributed by atoms with E-state index in [1.54, 1.807) is 24.3 Å². The van der Waals surface area contributed by atoms with Gasteiger partial charge in [-0.05, 0) is 147 Å². The number of halogens is 10. The second-order valence-corrected chi connectivity index (χ2v) is 29.5. The largest absolute Gasteiger partial charge is 0.465 e. The molecule has 0 aromatic heterocycles. The van der Waals surface area contributed by atoms with Crippen molar-refractivity contribution < 1.29 is 97.6 Å². The van der Waals surface area contributed by atoms with E-state index in [9.17, 15) is 56.4 Å². The number of alkyl halides is 10. The van der Waals surface area contributed by atoms with Gasteiger partial charge in [-0.15, -0.1) is 0 Å². The quantitative estimate of drug-likeness (QED) is 0.105. The summed E-state index contributed by atoms with van der Waals surface area (Å²) >= 11 is 0. The summed E-state index contributed by atoms with van der Waals surface area (Å²) in [7, 11) is 1.25. The molecule has 12 rings (SSSR count). The molecule has 482 valence electrons. The van der Waals surface area contributed by atoms with Gasteiger partial charge in [0.2, 0.25) is 5.91 Å². The van der Waals surface area contributed by atoms with Crippen molar-refractivity contribution in [2.24, 2.45) is 51.1 Å². The topological polar surface area (TPSA) is 187 Å². The van der Waals surface area contributed by atoms with E-state index in [0.29, 0.717) is 76.1 Å². The lowest BCUT2D eigenvalue weighted by Crippen LogP contribution is -2.65. The van der Waals surface area contributed by atoms with Crippen LogP contribution in [0.2, 0.25) is 0 Å². The Kier molecular flexibility index (Phi) is 15.3. The third kappa shape index (κ3) is 9.88. The maximum Gasteiger partial charge on any atom is 0.456 e. The van der Waals surface area contributed by atoms with Gasteiger partial charge in [-0.1, -0.05) is 77.0 Å². The molecule has 1 amide bonds. The molecule has 0 bridgehead atoms. The number of benzene rings is 2. The fraction of sp³-hybridized carbons (Fsp3) is 0.723. The van der Waals surface area contributed by atoms with Crippen molar-refractivity contribution in [3.8, 4) is 0 Å². The molecule has 10 aliphatic rings. The van der Waals surface area contributed by atoms with Gasteiger partial charge in [0.1, 0.15) is 11.2 Å². The third-order valence-electron chi connectivity index (χ3n) is 23.1. The van der Waals surface area contributed by atoms with E-state index in [1.807, 2.05) is 27.7 Å². The number of rotatable bonds is 6. The molecule has 2 aromatic carbocycles. The standard InChI is InChI=1S/C33H41F5O6.C32H40F5NO5/c1-27(2)17-43-30(44-18-27)13-10-24-25-21(9-12-29(24,40)16-30)23-11-14-31(41,32(34,35)33(36,37)38)28(23,3)15-22(25)19-5-7-20(8-6-19)26(39)42-4;1-26(2)16-42-29(43-17-26)12-9-23-24-20(8-11-28(23,40)15-29)22-10-13-30(41,31(33,34)32(35,36)37)27(22,3)14-21(24)18-4-6-19(7-5-18)25(38)39/h5-8,21-23,40-41H,9-18H2,1-4H3;4-7,20-22,40-41H,8-17H2,1-3H3,(H2,38,39)/t21?,22-,23?,28+,29-,31+;20?,21-,22?,27+,28-,30+/m11/s1. The summed E-state index contributed by atoms with van der Waals surface area (Å²) in [6, 6.07) is 12.7. The normalized spacial score (nSPS) is 38.4. The molecule has 2 saturated heterocycles. The molecular formula is C65H81F10NO11. The minimum Gasteiger partial charge on any atom is -0.465 e. The number of hydrogen-bond acceptors (Lipinski definition) is 11. The number of carbonyl (C=O) groups excluding carboxylic acids is 2. The zero-order valence-electron chi connectivity index (χ0n) is 50.2. The Bertz CT molecular complexity index is 3090. The number of methoxy groups -OCH3 is 1. The molecule has 2 aliphatic heterocycles. The van der Waals surface area contributed by atoms with Crippen molar-refractivity contribution in [3.63, 3.8) is 0 Å². The van der Waals surface area contributed by atoms with Crippen LogP contribution in [0, 0.1) is 45.3 Å². The first-order chi connectivity index (χ1) is 40.1. The predicted molar refractivity (Wildman–Crippen MR) is 295 cm³/mol. The van der Waals surface area contributed by atoms with Crippen LogP contribution in [-0.2, 0) is 23.7 Å². The van der Waals surface area contributed by atoms with Gasteiger partial charge < -0.3 is 49.8 Å². The van der Waals surface area contributed by atoms with Gasteiger partial charge in [0, 0.05) is 64.7 Å². The fourth-order valence-electron chi connectivity index (χ4n) is 18.5. The van der Waals surface area contributed by atoms with Crippen LogP contribution >= 0.6 is 0 Å². The molecule has 8 fully saturated rings. The van der Waals surface area contributed by atoms with Gasteiger partial charge in [0.05, 0.1) is 50.3 Å². The first kappa shape index (κ1) is 64.4. The molecule has 8 aliphatic carbocycles. The van der Waals surface area contributed by atoms with Crippen molar-refractivity contribution in [1.82, 2.24) is 0 Å². The molecule has 0 radical (unpaired) electrons. The lowest BCUT2D eigenvalue weighted by molar-refractivity contribution is -0.362. The number of nitrogens with two attached hydrogens (primary N) is 1. The van der Waals surface area contributed by atoms with Crippen molar-refractivity contribution >= 4 is 11.9 Å². The van der Waals surface area contributed by atoms with E-state index in [4.69, 9.17) is 29.4 Å². The summed E-state index contributed by atoms with van der Waals surface area (Å²) in [6.45, 7) is 12.8. The molecule has 6 N–H and O–H groups in total.